The van der Waals surface area contributed by atoms with Crippen molar-refractivity contribution in [2.24, 2.45) is 0 Å². The summed E-state index contributed by atoms with van der Waals surface area (Å²) in [5, 5.41) is 0. The van der Waals surface area contributed by atoms with E-state index >= 15 is 0 Å². The van der Waals surface area contributed by atoms with Gasteiger partial charge in [-0.3, -0.25) is 0 Å². The van der Waals surface area contributed by atoms with Crippen LogP contribution in [0.25, 0.3) is 0 Å². The number of nitrogens with zero attached hydrogens (tertiary/aromatic N) is 2. The Morgan fingerprint density at radius 3 is 1.03 bits per heavy atom. The predicted molar refractivity (Wildman–Crippen MR) is 142 cm³/mol. The fraction of sp³-hybridized carbons (Fsp3) is 0.444. The standard InChI is InChI=1S/C27H34Br2N2/c1-16(2)22-11-20(28)12-23(17(3)4)26(22)30-9-10-31(15-30)27-24(18(5)6)13-21(29)14-25(27)19(7)8/h9-14,16-19H,1-8H3. The van der Waals surface area contributed by atoms with Gasteiger partial charge in [0.05, 0.1) is 11.4 Å². The fourth-order valence-electron chi connectivity index (χ4n) is 4.17. The van der Waals surface area contributed by atoms with E-state index in [9.17, 15) is 0 Å². The highest BCUT2D eigenvalue weighted by Gasteiger charge is 2.28. The lowest BCUT2D eigenvalue weighted by Crippen LogP contribution is -2.23. The summed E-state index contributed by atoms with van der Waals surface area (Å²) in [6.45, 7) is 21.7. The molecule has 2 aromatic rings. The molecule has 2 radical (unpaired) electrons. The molecule has 2 nitrogen and oxygen atoms in total. The maximum Gasteiger partial charge on any atom is 0.217 e. The van der Waals surface area contributed by atoms with Gasteiger partial charge in [0, 0.05) is 21.3 Å². The molecule has 0 unspecified atom stereocenters. The van der Waals surface area contributed by atoms with Gasteiger partial charge < -0.3 is 9.80 Å². The van der Waals surface area contributed by atoms with Crippen LogP contribution in [0.3, 0.4) is 0 Å². The molecule has 1 aliphatic heterocycles. The molecule has 0 amide bonds. The third kappa shape index (κ3) is 5.06. The summed E-state index contributed by atoms with van der Waals surface area (Å²) in [6, 6.07) is 9.01. The minimum Gasteiger partial charge on any atom is -0.315 e. The van der Waals surface area contributed by atoms with Gasteiger partial charge in [-0.05, 0) is 70.2 Å². The van der Waals surface area contributed by atoms with Crippen LogP contribution in [0.2, 0.25) is 0 Å². The van der Waals surface area contributed by atoms with Crippen molar-refractivity contribution >= 4 is 43.2 Å². The number of benzene rings is 2. The zero-order chi connectivity index (χ0) is 23.0. The minimum atomic E-state index is 0.416. The van der Waals surface area contributed by atoms with Gasteiger partial charge in [0.15, 0.2) is 0 Å². The van der Waals surface area contributed by atoms with E-state index in [-0.39, 0.29) is 0 Å². The van der Waals surface area contributed by atoms with Crippen molar-refractivity contribution in [3.8, 4) is 0 Å². The van der Waals surface area contributed by atoms with Crippen LogP contribution in [0.4, 0.5) is 11.4 Å². The number of rotatable bonds is 6. The van der Waals surface area contributed by atoms with Crippen molar-refractivity contribution < 1.29 is 0 Å². The van der Waals surface area contributed by atoms with E-state index in [4.69, 9.17) is 0 Å². The Balaban J connectivity index is 2.10. The van der Waals surface area contributed by atoms with Crippen LogP contribution < -0.4 is 9.80 Å². The van der Waals surface area contributed by atoms with Crippen molar-refractivity contribution in [3.63, 3.8) is 0 Å². The minimum absolute atomic E-state index is 0.416. The molecular weight excluding hydrogens is 512 g/mol. The Kier molecular flexibility index (Phi) is 7.63. The molecule has 31 heavy (non-hydrogen) atoms. The second kappa shape index (κ2) is 9.70. The van der Waals surface area contributed by atoms with E-state index in [0.29, 0.717) is 23.7 Å². The Morgan fingerprint density at radius 1 is 0.548 bits per heavy atom. The molecule has 0 saturated heterocycles. The molecule has 0 N–H and O–H groups in total. The lowest BCUT2D eigenvalue weighted by molar-refractivity contribution is 0.817. The molecule has 2 aromatic carbocycles. The summed E-state index contributed by atoms with van der Waals surface area (Å²) in [7, 11) is 0. The highest BCUT2D eigenvalue weighted by Crippen LogP contribution is 2.44. The number of hydrogen-bond donors (Lipinski definition) is 0. The summed E-state index contributed by atoms with van der Waals surface area (Å²) < 4.78 is 2.28. The smallest absolute Gasteiger partial charge is 0.217 e. The van der Waals surface area contributed by atoms with Crippen molar-refractivity contribution in [3.05, 3.63) is 74.5 Å². The van der Waals surface area contributed by atoms with Gasteiger partial charge in [0.2, 0.25) is 6.67 Å². The zero-order valence-corrected chi connectivity index (χ0v) is 23.1. The van der Waals surface area contributed by atoms with Gasteiger partial charge >= 0.3 is 0 Å². The van der Waals surface area contributed by atoms with Gasteiger partial charge in [0.1, 0.15) is 0 Å². The first-order valence-electron chi connectivity index (χ1n) is 11.2. The van der Waals surface area contributed by atoms with Crippen LogP contribution in [-0.2, 0) is 0 Å². The quantitative estimate of drug-likeness (QED) is 0.356. The summed E-state index contributed by atoms with van der Waals surface area (Å²) in [5.74, 6) is 1.66. The Hall–Kier alpha value is -1.26. The maximum atomic E-state index is 3.73. The van der Waals surface area contributed by atoms with E-state index in [2.05, 4.69) is 140 Å². The van der Waals surface area contributed by atoms with Gasteiger partial charge in [-0.15, -0.1) is 0 Å². The monoisotopic (exact) mass is 544 g/mol. The normalized spacial score (nSPS) is 14.3. The number of halogens is 2. The van der Waals surface area contributed by atoms with Crippen LogP contribution in [0, 0.1) is 6.67 Å². The summed E-state index contributed by atoms with van der Waals surface area (Å²) in [6.07, 6.45) is 4.30. The van der Waals surface area contributed by atoms with Crippen LogP contribution in [0.5, 0.6) is 0 Å². The molecule has 0 atom stereocenters. The molecule has 0 aliphatic carbocycles. The maximum absolute atomic E-state index is 3.73. The van der Waals surface area contributed by atoms with Crippen molar-refractivity contribution in [1.29, 1.82) is 0 Å². The van der Waals surface area contributed by atoms with Crippen molar-refractivity contribution in [1.82, 2.24) is 0 Å². The molecule has 1 aliphatic rings. The first-order valence-corrected chi connectivity index (χ1v) is 12.8. The van der Waals surface area contributed by atoms with Gasteiger partial charge in [0.25, 0.3) is 0 Å². The largest absolute Gasteiger partial charge is 0.315 e. The lowest BCUT2D eigenvalue weighted by Gasteiger charge is -2.30. The molecule has 0 fully saturated rings. The highest BCUT2D eigenvalue weighted by molar-refractivity contribution is 9.10. The lowest BCUT2D eigenvalue weighted by atomic mass is 9.91. The van der Waals surface area contributed by atoms with E-state index in [1.165, 1.54) is 33.6 Å². The average molecular weight is 546 g/mol. The fourth-order valence-corrected chi connectivity index (χ4v) is 5.15. The molecule has 3 rings (SSSR count). The van der Waals surface area contributed by atoms with Crippen LogP contribution in [0.1, 0.15) is 101 Å². The molecule has 0 aromatic heterocycles. The summed E-state index contributed by atoms with van der Waals surface area (Å²) >= 11 is 7.45. The Bertz CT molecular complexity index is 838. The van der Waals surface area contributed by atoms with Gasteiger partial charge in [-0.1, -0.05) is 87.2 Å². The molecule has 0 saturated carbocycles. The predicted octanol–water partition coefficient (Wildman–Crippen LogP) is 9.50. The summed E-state index contributed by atoms with van der Waals surface area (Å²) in [5.41, 5.74) is 7.84. The third-order valence-electron chi connectivity index (χ3n) is 5.82. The van der Waals surface area contributed by atoms with Crippen LogP contribution in [0.15, 0.2) is 45.6 Å². The zero-order valence-electron chi connectivity index (χ0n) is 19.9. The molecule has 0 bridgehead atoms. The molecule has 166 valence electrons. The second-order valence-electron chi connectivity index (χ2n) is 9.62. The third-order valence-corrected chi connectivity index (χ3v) is 6.73. The van der Waals surface area contributed by atoms with Crippen LogP contribution >= 0.6 is 31.9 Å². The van der Waals surface area contributed by atoms with E-state index in [1.807, 2.05) is 0 Å². The SMILES string of the molecule is CC(C)c1cc(Br)cc(C(C)C)c1N1[C]N(c2c(C(C)C)cc(Br)cc2C(C)C)C=C1. The Morgan fingerprint density at radius 2 is 0.806 bits per heavy atom. The van der Waals surface area contributed by atoms with Crippen molar-refractivity contribution in [2.75, 3.05) is 9.80 Å². The topological polar surface area (TPSA) is 6.48 Å². The van der Waals surface area contributed by atoms with E-state index in [1.54, 1.807) is 0 Å². The average Bonchev–Trinajstić information content (AvgIpc) is 3.15. The number of hydrogen-bond acceptors (Lipinski definition) is 2. The van der Waals surface area contributed by atoms with Gasteiger partial charge in [-0.2, -0.15) is 0 Å². The summed E-state index contributed by atoms with van der Waals surface area (Å²) in [4.78, 5) is 4.38. The van der Waals surface area contributed by atoms with E-state index < -0.39 is 0 Å². The molecule has 0 spiro atoms. The first-order chi connectivity index (χ1) is 14.5. The van der Waals surface area contributed by atoms with Crippen molar-refractivity contribution in [2.45, 2.75) is 79.1 Å². The second-order valence-corrected chi connectivity index (χ2v) is 11.5. The highest BCUT2D eigenvalue weighted by atomic mass is 79.9. The molecule has 4 heteroatoms. The Labute approximate surface area is 206 Å². The van der Waals surface area contributed by atoms with Crippen LogP contribution in [-0.4, -0.2) is 0 Å². The van der Waals surface area contributed by atoms with E-state index in [0.717, 1.165) is 8.95 Å². The molecular formula is C27H34Br2N2. The first kappa shape index (κ1) is 24.4. The molecule has 1 heterocycles. The van der Waals surface area contributed by atoms with Gasteiger partial charge in [-0.25, -0.2) is 0 Å². The number of anilines is 2.